The highest BCUT2D eigenvalue weighted by Gasteiger charge is 2.36. The van der Waals surface area contributed by atoms with Crippen molar-refractivity contribution in [3.8, 4) is 5.75 Å². The average molecular weight is 555 g/mol. The standard InChI is InChI=1S/C31H42N2O3S2/c1-20(2)24-17-28(21(3)4)30(29(18-24)22(5)6)38(34,35)27-12-14-33(15-13-27)31-32-25(19-37-31)16-23-8-10-26(36-7)11-9-23/h8-11,17-22,27H,12-16H2,1-7H3. The Kier molecular flexibility index (Phi) is 8.88. The Hall–Kier alpha value is -2.38. The van der Waals surface area contributed by atoms with Crippen LogP contribution in [-0.4, -0.2) is 38.9 Å². The number of anilines is 1. The largest absolute Gasteiger partial charge is 0.497 e. The summed E-state index contributed by atoms with van der Waals surface area (Å²) < 4.78 is 33.6. The predicted octanol–water partition coefficient (Wildman–Crippen LogP) is 7.56. The summed E-state index contributed by atoms with van der Waals surface area (Å²) in [5, 5.41) is 2.73. The van der Waals surface area contributed by atoms with Gasteiger partial charge in [-0.05, 0) is 65.0 Å². The van der Waals surface area contributed by atoms with Crippen LogP contribution in [0.4, 0.5) is 5.13 Å². The zero-order valence-corrected chi connectivity index (χ0v) is 25.5. The van der Waals surface area contributed by atoms with Crippen LogP contribution in [0.3, 0.4) is 0 Å². The number of sulfone groups is 1. The van der Waals surface area contributed by atoms with Crippen LogP contribution in [0, 0.1) is 0 Å². The highest BCUT2D eigenvalue weighted by atomic mass is 32.2. The molecule has 0 saturated carbocycles. The first kappa shape index (κ1) is 28.6. The molecule has 0 unspecified atom stereocenters. The molecule has 0 radical (unpaired) electrons. The van der Waals surface area contributed by atoms with Gasteiger partial charge in [-0.1, -0.05) is 65.8 Å². The molecule has 3 aromatic rings. The van der Waals surface area contributed by atoms with Crippen LogP contribution in [0.25, 0.3) is 0 Å². The maximum Gasteiger partial charge on any atom is 0.185 e. The molecule has 1 fully saturated rings. The second-order valence-electron chi connectivity index (χ2n) is 11.4. The fourth-order valence-corrected chi connectivity index (χ4v) is 8.51. The fraction of sp³-hybridized carbons (Fsp3) is 0.516. The summed E-state index contributed by atoms with van der Waals surface area (Å²) in [6, 6.07) is 12.4. The van der Waals surface area contributed by atoms with Crippen LogP contribution >= 0.6 is 11.3 Å². The van der Waals surface area contributed by atoms with Crippen LogP contribution in [0.5, 0.6) is 5.75 Å². The molecule has 0 bridgehead atoms. The summed E-state index contributed by atoms with van der Waals surface area (Å²) in [7, 11) is -1.78. The van der Waals surface area contributed by atoms with Crippen molar-refractivity contribution in [3.63, 3.8) is 0 Å². The van der Waals surface area contributed by atoms with Gasteiger partial charge in [0.05, 0.1) is 22.9 Å². The van der Waals surface area contributed by atoms with E-state index >= 15 is 0 Å². The maximum absolute atomic E-state index is 14.2. The Morgan fingerprint density at radius 2 is 1.53 bits per heavy atom. The average Bonchev–Trinajstić information content (AvgIpc) is 3.36. The van der Waals surface area contributed by atoms with E-state index in [1.807, 2.05) is 12.1 Å². The van der Waals surface area contributed by atoms with Crippen LogP contribution in [0.2, 0.25) is 0 Å². The van der Waals surface area contributed by atoms with Gasteiger partial charge in [-0.3, -0.25) is 0 Å². The Morgan fingerprint density at radius 3 is 2.03 bits per heavy atom. The minimum atomic E-state index is -3.46. The van der Waals surface area contributed by atoms with Crippen molar-refractivity contribution < 1.29 is 13.2 Å². The lowest BCUT2D eigenvalue weighted by Gasteiger charge is -2.33. The van der Waals surface area contributed by atoms with Gasteiger partial charge in [0.25, 0.3) is 0 Å². The number of aromatic nitrogens is 1. The molecule has 2 aromatic carbocycles. The zero-order valence-electron chi connectivity index (χ0n) is 23.8. The van der Waals surface area contributed by atoms with Gasteiger partial charge in [-0.25, -0.2) is 13.4 Å². The predicted molar refractivity (Wildman–Crippen MR) is 159 cm³/mol. The molecule has 1 aromatic heterocycles. The number of piperidine rings is 1. The molecule has 206 valence electrons. The molecule has 4 rings (SSSR count). The molecule has 0 spiro atoms. The molecule has 2 heterocycles. The first-order valence-electron chi connectivity index (χ1n) is 13.7. The summed E-state index contributed by atoms with van der Waals surface area (Å²) >= 11 is 1.65. The van der Waals surface area contributed by atoms with Gasteiger partial charge in [0.15, 0.2) is 15.0 Å². The number of hydrogen-bond donors (Lipinski definition) is 0. The number of methoxy groups -OCH3 is 1. The lowest BCUT2D eigenvalue weighted by atomic mass is 9.89. The normalized spacial score (nSPS) is 15.2. The van der Waals surface area contributed by atoms with Crippen LogP contribution in [-0.2, 0) is 16.3 Å². The van der Waals surface area contributed by atoms with Crippen molar-refractivity contribution in [3.05, 3.63) is 69.7 Å². The second-order valence-corrected chi connectivity index (χ2v) is 14.4. The SMILES string of the molecule is COc1ccc(Cc2csc(N3CCC(S(=O)(=O)c4c(C(C)C)cc(C(C)C)cc4C(C)C)CC3)n2)cc1. The van der Waals surface area contributed by atoms with E-state index in [1.54, 1.807) is 18.4 Å². The van der Waals surface area contributed by atoms with Crippen molar-refractivity contribution in [1.29, 1.82) is 0 Å². The van der Waals surface area contributed by atoms with Crippen molar-refractivity contribution >= 4 is 26.3 Å². The molecule has 38 heavy (non-hydrogen) atoms. The topological polar surface area (TPSA) is 59.5 Å². The van der Waals surface area contributed by atoms with Crippen molar-refractivity contribution in [2.75, 3.05) is 25.1 Å². The van der Waals surface area contributed by atoms with Gasteiger partial charge in [0.2, 0.25) is 0 Å². The molecular weight excluding hydrogens is 512 g/mol. The van der Waals surface area contributed by atoms with Crippen molar-refractivity contribution in [2.45, 2.75) is 88.7 Å². The summed E-state index contributed by atoms with van der Waals surface area (Å²) in [6.07, 6.45) is 2.02. The Labute approximate surface area is 233 Å². The lowest BCUT2D eigenvalue weighted by molar-refractivity contribution is 0.414. The number of benzene rings is 2. The Bertz CT molecular complexity index is 1300. The Morgan fingerprint density at radius 1 is 0.947 bits per heavy atom. The van der Waals surface area contributed by atoms with E-state index in [9.17, 15) is 8.42 Å². The van der Waals surface area contributed by atoms with Gasteiger partial charge in [-0.15, -0.1) is 11.3 Å². The van der Waals surface area contributed by atoms with Crippen LogP contribution in [0.15, 0.2) is 46.7 Å². The van der Waals surface area contributed by atoms with Gasteiger partial charge in [0, 0.05) is 24.9 Å². The smallest absolute Gasteiger partial charge is 0.185 e. The molecule has 0 aliphatic carbocycles. The monoisotopic (exact) mass is 554 g/mol. The number of thiazole rings is 1. The van der Waals surface area contributed by atoms with E-state index in [0.29, 0.717) is 36.7 Å². The molecule has 0 atom stereocenters. The third-order valence-electron chi connectivity index (χ3n) is 7.60. The van der Waals surface area contributed by atoms with Crippen molar-refractivity contribution in [1.82, 2.24) is 4.98 Å². The number of nitrogens with zero attached hydrogens (tertiary/aromatic N) is 2. The lowest BCUT2D eigenvalue weighted by Crippen LogP contribution is -2.40. The minimum Gasteiger partial charge on any atom is -0.497 e. The fourth-order valence-electron chi connectivity index (χ4n) is 5.22. The van der Waals surface area contributed by atoms with E-state index in [2.05, 4.69) is 76.1 Å². The number of hydrogen-bond acceptors (Lipinski definition) is 6. The van der Waals surface area contributed by atoms with Crippen LogP contribution < -0.4 is 9.64 Å². The van der Waals surface area contributed by atoms with Crippen LogP contribution in [0.1, 0.15) is 100 Å². The molecule has 0 N–H and O–H groups in total. The zero-order chi connectivity index (χ0) is 27.6. The first-order chi connectivity index (χ1) is 18.0. The summed E-state index contributed by atoms with van der Waals surface area (Å²) in [4.78, 5) is 7.73. The summed E-state index contributed by atoms with van der Waals surface area (Å²) in [5.41, 5.74) is 5.41. The van der Waals surface area contributed by atoms with Gasteiger partial charge >= 0.3 is 0 Å². The molecule has 7 heteroatoms. The van der Waals surface area contributed by atoms with Gasteiger partial charge < -0.3 is 9.64 Å². The summed E-state index contributed by atoms with van der Waals surface area (Å²) in [6.45, 7) is 14.2. The second kappa shape index (κ2) is 11.8. The van der Waals surface area contributed by atoms with Gasteiger partial charge in [0.1, 0.15) is 5.75 Å². The van der Waals surface area contributed by atoms with E-state index in [4.69, 9.17) is 9.72 Å². The minimum absolute atomic E-state index is 0.149. The van der Waals surface area contributed by atoms with Gasteiger partial charge in [-0.2, -0.15) is 0 Å². The van der Waals surface area contributed by atoms with E-state index in [-0.39, 0.29) is 17.1 Å². The maximum atomic E-state index is 14.2. The Balaban J connectivity index is 1.51. The van der Waals surface area contributed by atoms with E-state index in [1.165, 1.54) is 11.1 Å². The highest BCUT2D eigenvalue weighted by molar-refractivity contribution is 7.92. The van der Waals surface area contributed by atoms with E-state index in [0.717, 1.165) is 34.1 Å². The highest BCUT2D eigenvalue weighted by Crippen LogP contribution is 2.39. The molecule has 1 aliphatic rings. The molecular formula is C31H42N2O3S2. The molecule has 1 saturated heterocycles. The quantitative estimate of drug-likeness (QED) is 0.273. The third kappa shape index (κ3) is 6.09. The number of ether oxygens (including phenoxy) is 1. The van der Waals surface area contributed by atoms with E-state index < -0.39 is 9.84 Å². The molecule has 0 amide bonds. The summed E-state index contributed by atoms with van der Waals surface area (Å²) in [5.74, 6) is 1.51. The molecule has 1 aliphatic heterocycles. The molecule has 5 nitrogen and oxygen atoms in total. The van der Waals surface area contributed by atoms with Crippen molar-refractivity contribution in [2.24, 2.45) is 0 Å². The number of rotatable bonds is 9. The third-order valence-corrected chi connectivity index (χ3v) is 10.9. The first-order valence-corrected chi connectivity index (χ1v) is 16.2.